The normalized spacial score (nSPS) is 13.7. The van der Waals surface area contributed by atoms with Crippen LogP contribution in [0.1, 0.15) is 26.4 Å². The van der Waals surface area contributed by atoms with Crippen molar-refractivity contribution in [3.8, 4) is 6.07 Å². The Labute approximate surface area is 126 Å². The zero-order valence-corrected chi connectivity index (χ0v) is 12.2. The number of amides is 1. The average molecular weight is 303 g/mol. The molecule has 3 rings (SSSR count). The summed E-state index contributed by atoms with van der Waals surface area (Å²) >= 11 is 7.60. The van der Waals surface area contributed by atoms with Crippen LogP contribution in [0.15, 0.2) is 30.3 Å². The molecule has 1 aliphatic rings. The third-order valence-corrected chi connectivity index (χ3v) is 4.73. The minimum atomic E-state index is -0.0323. The van der Waals surface area contributed by atoms with Gasteiger partial charge >= 0.3 is 0 Å². The van der Waals surface area contributed by atoms with Gasteiger partial charge in [0.1, 0.15) is 0 Å². The number of nitrogens with zero attached hydrogens (tertiary/aromatic N) is 2. The van der Waals surface area contributed by atoms with Gasteiger partial charge in [0.25, 0.3) is 5.91 Å². The zero-order chi connectivity index (χ0) is 14.1. The molecule has 0 unspecified atom stereocenters. The molecule has 3 nitrogen and oxygen atoms in total. The largest absolute Gasteiger partial charge is 0.334 e. The lowest BCUT2D eigenvalue weighted by molar-refractivity contribution is 0.0736. The topological polar surface area (TPSA) is 44.1 Å². The van der Waals surface area contributed by atoms with Crippen LogP contribution in [0.4, 0.5) is 0 Å². The van der Waals surface area contributed by atoms with Gasteiger partial charge in [0.2, 0.25) is 0 Å². The first-order chi connectivity index (χ1) is 9.67. The van der Waals surface area contributed by atoms with Gasteiger partial charge in [-0.05, 0) is 36.2 Å². The first-order valence-electron chi connectivity index (χ1n) is 6.24. The highest BCUT2D eigenvalue weighted by molar-refractivity contribution is 7.16. The first kappa shape index (κ1) is 13.2. The third kappa shape index (κ3) is 2.43. The summed E-state index contributed by atoms with van der Waals surface area (Å²) < 4.78 is 0.774. The summed E-state index contributed by atoms with van der Waals surface area (Å²) in [6, 6.07) is 10.8. The van der Waals surface area contributed by atoms with E-state index < -0.39 is 0 Å². The highest BCUT2D eigenvalue weighted by Gasteiger charge is 2.23. The van der Waals surface area contributed by atoms with E-state index in [-0.39, 0.29) is 5.91 Å². The molecule has 0 N–H and O–H groups in total. The summed E-state index contributed by atoms with van der Waals surface area (Å²) in [5, 5.41) is 8.90. The van der Waals surface area contributed by atoms with Crippen LogP contribution >= 0.6 is 22.9 Å². The SMILES string of the molecule is N#Cc1cccc(C(=O)N2CCc3sc(Cl)cc3C2)c1. The molecule has 0 bridgehead atoms. The van der Waals surface area contributed by atoms with E-state index in [1.54, 1.807) is 35.6 Å². The molecule has 1 aromatic carbocycles. The van der Waals surface area contributed by atoms with E-state index in [9.17, 15) is 4.79 Å². The molecular weight excluding hydrogens is 292 g/mol. The highest BCUT2D eigenvalue weighted by atomic mass is 35.5. The van der Waals surface area contributed by atoms with Crippen LogP contribution in [0.2, 0.25) is 4.34 Å². The van der Waals surface area contributed by atoms with E-state index in [2.05, 4.69) is 6.07 Å². The second-order valence-corrected chi connectivity index (χ2v) is 6.44. The Hall–Kier alpha value is -1.83. The van der Waals surface area contributed by atoms with Crippen LogP contribution in [-0.2, 0) is 13.0 Å². The van der Waals surface area contributed by atoms with E-state index in [4.69, 9.17) is 16.9 Å². The summed E-state index contributed by atoms with van der Waals surface area (Å²) in [6.45, 7) is 1.29. The van der Waals surface area contributed by atoms with Gasteiger partial charge in [0, 0.05) is 23.5 Å². The molecule has 0 aliphatic carbocycles. The molecule has 1 aromatic heterocycles. The number of carbonyl (C=O) groups is 1. The van der Waals surface area contributed by atoms with E-state index in [0.29, 0.717) is 24.2 Å². The highest BCUT2D eigenvalue weighted by Crippen LogP contribution is 2.31. The Bertz CT molecular complexity index is 717. The molecule has 0 fully saturated rings. The predicted octanol–water partition coefficient (Wildman–Crippen LogP) is 3.47. The van der Waals surface area contributed by atoms with Gasteiger partial charge in [-0.25, -0.2) is 0 Å². The molecule has 20 heavy (non-hydrogen) atoms. The van der Waals surface area contributed by atoms with Crippen molar-refractivity contribution >= 4 is 28.8 Å². The van der Waals surface area contributed by atoms with E-state index in [1.165, 1.54) is 4.88 Å². The van der Waals surface area contributed by atoms with Gasteiger partial charge in [0.15, 0.2) is 0 Å². The summed E-state index contributed by atoms with van der Waals surface area (Å²) in [4.78, 5) is 15.5. The van der Waals surface area contributed by atoms with Crippen LogP contribution < -0.4 is 0 Å². The molecule has 0 saturated heterocycles. The average Bonchev–Trinajstić information content (AvgIpc) is 2.85. The standard InChI is InChI=1S/C15H11ClN2OS/c16-14-7-12-9-18(5-4-13(12)20-14)15(19)11-3-1-2-10(6-11)8-17/h1-3,6-7H,4-5,9H2. The van der Waals surface area contributed by atoms with Gasteiger partial charge in [-0.2, -0.15) is 5.26 Å². The van der Waals surface area contributed by atoms with Crippen molar-refractivity contribution in [1.82, 2.24) is 4.90 Å². The Balaban J connectivity index is 1.84. The van der Waals surface area contributed by atoms with Gasteiger partial charge < -0.3 is 4.90 Å². The second-order valence-electron chi connectivity index (χ2n) is 4.67. The zero-order valence-electron chi connectivity index (χ0n) is 10.6. The monoisotopic (exact) mass is 302 g/mol. The minimum Gasteiger partial charge on any atom is -0.334 e. The van der Waals surface area contributed by atoms with Crippen molar-refractivity contribution in [3.63, 3.8) is 0 Å². The summed E-state index contributed by atoms with van der Waals surface area (Å²) in [5.74, 6) is -0.0323. The predicted molar refractivity (Wildman–Crippen MR) is 78.9 cm³/mol. The molecule has 100 valence electrons. The number of halogens is 1. The molecule has 0 atom stereocenters. The fourth-order valence-electron chi connectivity index (χ4n) is 2.37. The lowest BCUT2D eigenvalue weighted by Crippen LogP contribution is -2.35. The Morgan fingerprint density at radius 3 is 3.05 bits per heavy atom. The Morgan fingerprint density at radius 2 is 2.25 bits per heavy atom. The number of rotatable bonds is 1. The molecule has 1 aliphatic heterocycles. The van der Waals surface area contributed by atoms with Crippen LogP contribution in [-0.4, -0.2) is 17.4 Å². The molecule has 0 radical (unpaired) electrons. The molecule has 5 heteroatoms. The quantitative estimate of drug-likeness (QED) is 0.809. The van der Waals surface area contributed by atoms with Crippen molar-refractivity contribution in [2.24, 2.45) is 0 Å². The van der Waals surface area contributed by atoms with Crippen LogP contribution in [0.3, 0.4) is 0 Å². The van der Waals surface area contributed by atoms with E-state index >= 15 is 0 Å². The number of benzene rings is 1. The lowest BCUT2D eigenvalue weighted by atomic mass is 10.1. The minimum absolute atomic E-state index is 0.0323. The lowest BCUT2D eigenvalue weighted by Gasteiger charge is -2.27. The van der Waals surface area contributed by atoms with Crippen molar-refractivity contribution < 1.29 is 4.79 Å². The smallest absolute Gasteiger partial charge is 0.254 e. The van der Waals surface area contributed by atoms with E-state index in [1.807, 2.05) is 11.0 Å². The van der Waals surface area contributed by atoms with Crippen molar-refractivity contribution in [3.05, 3.63) is 56.2 Å². The molecule has 2 heterocycles. The van der Waals surface area contributed by atoms with Crippen molar-refractivity contribution in [1.29, 1.82) is 5.26 Å². The number of fused-ring (bicyclic) bond motifs is 1. The number of nitriles is 1. The molecule has 0 saturated carbocycles. The van der Waals surface area contributed by atoms with Crippen molar-refractivity contribution in [2.45, 2.75) is 13.0 Å². The first-order valence-corrected chi connectivity index (χ1v) is 7.43. The summed E-state index contributed by atoms with van der Waals surface area (Å²) in [5.41, 5.74) is 2.21. The maximum Gasteiger partial charge on any atom is 0.254 e. The maximum atomic E-state index is 12.5. The molecule has 2 aromatic rings. The maximum absolute atomic E-state index is 12.5. The van der Waals surface area contributed by atoms with Gasteiger partial charge in [0.05, 0.1) is 16.0 Å². The Morgan fingerprint density at radius 1 is 1.40 bits per heavy atom. The fourth-order valence-corrected chi connectivity index (χ4v) is 3.67. The van der Waals surface area contributed by atoms with Gasteiger partial charge in [-0.3, -0.25) is 4.79 Å². The van der Waals surface area contributed by atoms with Crippen LogP contribution in [0.5, 0.6) is 0 Å². The fraction of sp³-hybridized carbons (Fsp3) is 0.200. The van der Waals surface area contributed by atoms with Crippen molar-refractivity contribution in [2.75, 3.05) is 6.54 Å². The Kier molecular flexibility index (Phi) is 3.47. The molecule has 0 spiro atoms. The molecular formula is C15H11ClN2OS. The van der Waals surface area contributed by atoms with E-state index in [0.717, 1.165) is 16.3 Å². The number of carbonyl (C=O) groups excluding carboxylic acids is 1. The van der Waals surface area contributed by atoms with Gasteiger partial charge in [-0.15, -0.1) is 11.3 Å². The number of thiophene rings is 1. The summed E-state index contributed by atoms with van der Waals surface area (Å²) in [6.07, 6.45) is 0.844. The van der Waals surface area contributed by atoms with Crippen LogP contribution in [0, 0.1) is 11.3 Å². The van der Waals surface area contributed by atoms with Gasteiger partial charge in [-0.1, -0.05) is 17.7 Å². The summed E-state index contributed by atoms with van der Waals surface area (Å²) in [7, 11) is 0. The number of hydrogen-bond donors (Lipinski definition) is 0. The third-order valence-electron chi connectivity index (χ3n) is 3.36. The second kappa shape index (κ2) is 5.28. The number of hydrogen-bond acceptors (Lipinski definition) is 3. The van der Waals surface area contributed by atoms with Crippen LogP contribution in [0.25, 0.3) is 0 Å². The molecule has 1 amide bonds.